The van der Waals surface area contributed by atoms with Crippen molar-refractivity contribution >= 4 is 11.2 Å². The molecule has 0 atom stereocenters. The summed E-state index contributed by atoms with van der Waals surface area (Å²) in [4.78, 5) is 29.0. The average molecular weight is 365 g/mol. The van der Waals surface area contributed by atoms with Crippen LogP contribution in [0.1, 0.15) is 25.7 Å². The van der Waals surface area contributed by atoms with E-state index < -0.39 is 0 Å². The van der Waals surface area contributed by atoms with Crippen molar-refractivity contribution < 1.29 is 0 Å². The van der Waals surface area contributed by atoms with Crippen LogP contribution in [0.5, 0.6) is 0 Å². The summed E-state index contributed by atoms with van der Waals surface area (Å²) < 4.78 is 4.39. The van der Waals surface area contributed by atoms with Crippen LogP contribution in [0.15, 0.2) is 15.9 Å². The van der Waals surface area contributed by atoms with Crippen LogP contribution in [0, 0.1) is 0 Å². The molecule has 0 radical (unpaired) electrons. The van der Waals surface area contributed by atoms with E-state index in [1.165, 1.54) is 9.13 Å². The molecule has 0 saturated heterocycles. The fourth-order valence-corrected chi connectivity index (χ4v) is 2.93. The molecule has 0 aliphatic carbocycles. The standard InChI is InChI=1S/C17H31N7O2/c1-22-13-21-15-14(22)16(25)24(17(26)23(15)2)12-6-11-20-9-4-3-8-19-10-5-7-18/h13,19-20H,3-12,18H2,1-2H3. The van der Waals surface area contributed by atoms with Crippen molar-refractivity contribution in [1.29, 1.82) is 0 Å². The van der Waals surface area contributed by atoms with Gasteiger partial charge >= 0.3 is 5.69 Å². The molecule has 146 valence electrons. The molecule has 0 unspecified atom stereocenters. The predicted molar refractivity (Wildman–Crippen MR) is 103 cm³/mol. The van der Waals surface area contributed by atoms with E-state index >= 15 is 0 Å². The van der Waals surface area contributed by atoms with Crippen LogP contribution >= 0.6 is 0 Å². The second-order valence-corrected chi connectivity index (χ2v) is 6.53. The number of nitrogens with zero attached hydrogens (tertiary/aromatic N) is 4. The van der Waals surface area contributed by atoms with Gasteiger partial charge in [0.1, 0.15) is 0 Å². The van der Waals surface area contributed by atoms with Crippen LogP contribution in [0.25, 0.3) is 11.2 Å². The third-order valence-electron chi connectivity index (χ3n) is 4.45. The van der Waals surface area contributed by atoms with Crippen molar-refractivity contribution in [2.75, 3.05) is 32.7 Å². The zero-order valence-corrected chi connectivity index (χ0v) is 15.8. The monoisotopic (exact) mass is 365 g/mol. The smallest absolute Gasteiger partial charge is 0.330 e. The molecule has 9 heteroatoms. The molecule has 0 aliphatic rings. The maximum absolute atomic E-state index is 12.6. The number of imidazole rings is 1. The first-order valence-electron chi connectivity index (χ1n) is 9.30. The molecule has 4 N–H and O–H groups in total. The van der Waals surface area contributed by atoms with Crippen molar-refractivity contribution in [2.45, 2.75) is 32.2 Å². The number of nitrogens with two attached hydrogens (primary N) is 1. The fraction of sp³-hybridized carbons (Fsp3) is 0.706. The number of aromatic nitrogens is 4. The van der Waals surface area contributed by atoms with E-state index in [1.54, 1.807) is 25.0 Å². The van der Waals surface area contributed by atoms with E-state index in [1.807, 2.05) is 0 Å². The molecule has 2 aromatic rings. The van der Waals surface area contributed by atoms with Gasteiger partial charge in [-0.2, -0.15) is 0 Å². The van der Waals surface area contributed by atoms with E-state index in [4.69, 9.17) is 5.73 Å². The lowest BCUT2D eigenvalue weighted by atomic mass is 10.3. The number of aryl methyl sites for hydroxylation is 2. The van der Waals surface area contributed by atoms with Crippen LogP contribution in [-0.4, -0.2) is 51.4 Å². The second-order valence-electron chi connectivity index (χ2n) is 6.53. The third kappa shape index (κ3) is 5.03. The first kappa shape index (κ1) is 20.3. The number of nitrogens with one attached hydrogen (secondary N) is 2. The van der Waals surface area contributed by atoms with Gasteiger partial charge in [0.25, 0.3) is 5.56 Å². The minimum Gasteiger partial charge on any atom is -0.330 e. The van der Waals surface area contributed by atoms with Crippen LogP contribution in [0.3, 0.4) is 0 Å². The van der Waals surface area contributed by atoms with Crippen LogP contribution in [-0.2, 0) is 20.6 Å². The predicted octanol–water partition coefficient (Wildman–Crippen LogP) is -0.868. The Bertz CT molecular complexity index is 806. The van der Waals surface area contributed by atoms with Crippen molar-refractivity contribution in [2.24, 2.45) is 19.8 Å². The first-order chi connectivity index (χ1) is 12.6. The van der Waals surface area contributed by atoms with Gasteiger partial charge in [0.05, 0.1) is 6.33 Å². The maximum Gasteiger partial charge on any atom is 0.332 e. The molecule has 0 aromatic carbocycles. The highest BCUT2D eigenvalue weighted by Gasteiger charge is 2.14. The molecule has 9 nitrogen and oxygen atoms in total. The Morgan fingerprint density at radius 3 is 2.27 bits per heavy atom. The number of rotatable bonds is 12. The van der Waals surface area contributed by atoms with Gasteiger partial charge in [-0.25, -0.2) is 9.78 Å². The van der Waals surface area contributed by atoms with E-state index in [0.717, 1.165) is 58.4 Å². The second kappa shape index (κ2) is 10.2. The lowest BCUT2D eigenvalue weighted by Crippen LogP contribution is -2.40. The lowest BCUT2D eigenvalue weighted by Gasteiger charge is -2.09. The van der Waals surface area contributed by atoms with Crippen molar-refractivity contribution in [1.82, 2.24) is 29.3 Å². The molecule has 0 amide bonds. The molecule has 2 rings (SSSR count). The number of fused-ring (bicyclic) bond motifs is 1. The molecule has 0 spiro atoms. The summed E-state index contributed by atoms with van der Waals surface area (Å²) in [6.07, 6.45) is 5.52. The van der Waals surface area contributed by atoms with Crippen LogP contribution in [0.2, 0.25) is 0 Å². The van der Waals surface area contributed by atoms with Crippen LogP contribution in [0.4, 0.5) is 0 Å². The Morgan fingerprint density at radius 2 is 1.62 bits per heavy atom. The summed E-state index contributed by atoms with van der Waals surface area (Å²) in [5.41, 5.74) is 5.74. The van der Waals surface area contributed by atoms with Crippen molar-refractivity contribution in [3.63, 3.8) is 0 Å². The number of hydrogen-bond donors (Lipinski definition) is 3. The highest BCUT2D eigenvalue weighted by Crippen LogP contribution is 2.02. The van der Waals surface area contributed by atoms with E-state index in [9.17, 15) is 9.59 Å². The number of unbranched alkanes of at least 4 members (excludes halogenated alkanes) is 1. The minimum atomic E-state index is -0.315. The highest BCUT2D eigenvalue weighted by atomic mass is 16.2. The Balaban J connectivity index is 1.74. The third-order valence-corrected chi connectivity index (χ3v) is 4.45. The van der Waals surface area contributed by atoms with Gasteiger partial charge in [0, 0.05) is 20.6 Å². The lowest BCUT2D eigenvalue weighted by molar-refractivity contribution is 0.526. The Kier molecular flexibility index (Phi) is 8.02. The van der Waals surface area contributed by atoms with Gasteiger partial charge in [-0.1, -0.05) is 0 Å². The molecule has 0 fully saturated rings. The normalized spacial score (nSPS) is 11.5. The Hall–Kier alpha value is -1.97. The Labute approximate surface area is 153 Å². The molecular formula is C17H31N7O2. The van der Waals surface area contributed by atoms with E-state index in [2.05, 4.69) is 15.6 Å². The fourth-order valence-electron chi connectivity index (χ4n) is 2.93. The summed E-state index contributed by atoms with van der Waals surface area (Å²) in [7, 11) is 3.41. The molecule has 2 heterocycles. The molecule has 0 saturated carbocycles. The SMILES string of the molecule is Cn1cnc2c1c(=O)n(CCCNCCCCNCCCN)c(=O)n2C. The van der Waals surface area contributed by atoms with Gasteiger partial charge in [0.2, 0.25) is 0 Å². The molecule has 0 aliphatic heterocycles. The van der Waals surface area contributed by atoms with Gasteiger partial charge < -0.3 is 20.9 Å². The molecular weight excluding hydrogens is 334 g/mol. The minimum absolute atomic E-state index is 0.272. The van der Waals surface area contributed by atoms with E-state index in [-0.39, 0.29) is 11.2 Å². The molecule has 0 bridgehead atoms. The zero-order valence-electron chi connectivity index (χ0n) is 15.8. The van der Waals surface area contributed by atoms with E-state index in [0.29, 0.717) is 17.7 Å². The summed E-state index contributed by atoms with van der Waals surface area (Å²) in [6, 6.07) is 0. The summed E-state index contributed by atoms with van der Waals surface area (Å²) in [5.74, 6) is 0. The van der Waals surface area contributed by atoms with Gasteiger partial charge in [-0.15, -0.1) is 0 Å². The quantitative estimate of drug-likeness (QED) is 0.422. The number of hydrogen-bond acceptors (Lipinski definition) is 6. The molecule has 2 aromatic heterocycles. The van der Waals surface area contributed by atoms with Crippen molar-refractivity contribution in [3.05, 3.63) is 27.2 Å². The first-order valence-corrected chi connectivity index (χ1v) is 9.30. The maximum atomic E-state index is 12.6. The summed E-state index contributed by atoms with van der Waals surface area (Å²) in [6.45, 7) is 4.84. The van der Waals surface area contributed by atoms with Crippen LogP contribution < -0.4 is 27.6 Å². The largest absolute Gasteiger partial charge is 0.332 e. The average Bonchev–Trinajstić information content (AvgIpc) is 3.02. The highest BCUT2D eigenvalue weighted by molar-refractivity contribution is 5.69. The summed E-state index contributed by atoms with van der Waals surface area (Å²) in [5, 5.41) is 6.72. The van der Waals surface area contributed by atoms with Crippen molar-refractivity contribution in [3.8, 4) is 0 Å². The zero-order chi connectivity index (χ0) is 18.9. The molecule has 26 heavy (non-hydrogen) atoms. The van der Waals surface area contributed by atoms with Gasteiger partial charge in [0.15, 0.2) is 11.2 Å². The van der Waals surface area contributed by atoms with Gasteiger partial charge in [-0.3, -0.25) is 13.9 Å². The topological polar surface area (TPSA) is 112 Å². The van der Waals surface area contributed by atoms with Gasteiger partial charge in [-0.05, 0) is 58.4 Å². The Morgan fingerprint density at radius 1 is 1.00 bits per heavy atom. The summed E-state index contributed by atoms with van der Waals surface area (Å²) >= 11 is 0.